The van der Waals surface area contributed by atoms with Crippen LogP contribution in [0.15, 0.2) is 35.7 Å². The van der Waals surface area contributed by atoms with E-state index in [9.17, 15) is 9.50 Å². The van der Waals surface area contributed by atoms with Crippen LogP contribution in [-0.4, -0.2) is 12.2 Å². The van der Waals surface area contributed by atoms with Gasteiger partial charge in [0.05, 0.1) is 12.7 Å². The van der Waals surface area contributed by atoms with Crippen molar-refractivity contribution >= 4 is 11.3 Å². The van der Waals surface area contributed by atoms with E-state index in [2.05, 4.69) is 0 Å². The third-order valence-corrected chi connectivity index (χ3v) is 3.94. The van der Waals surface area contributed by atoms with Crippen LogP contribution in [0, 0.1) is 5.82 Å². The third-order valence-electron chi connectivity index (χ3n) is 2.82. The molecule has 0 amide bonds. The van der Waals surface area contributed by atoms with Gasteiger partial charge in [-0.05, 0) is 36.1 Å². The lowest BCUT2D eigenvalue weighted by molar-refractivity contribution is 0.0614. The number of hydrogen-bond donors (Lipinski definition) is 1. The fourth-order valence-electron chi connectivity index (χ4n) is 1.89. The fraction of sp³-hybridized carbons (Fsp3) is 0.286. The maximum atomic E-state index is 13.6. The molecule has 0 aliphatic rings. The lowest BCUT2D eigenvalue weighted by atomic mass is 9.95. The van der Waals surface area contributed by atoms with E-state index in [4.69, 9.17) is 4.74 Å². The summed E-state index contributed by atoms with van der Waals surface area (Å²) in [5, 5.41) is 12.3. The zero-order valence-electron chi connectivity index (χ0n) is 10.3. The minimum absolute atomic E-state index is 0.217. The average Bonchev–Trinajstić information content (AvgIpc) is 2.82. The zero-order chi connectivity index (χ0) is 13.2. The van der Waals surface area contributed by atoms with Crippen molar-refractivity contribution in [2.24, 2.45) is 0 Å². The highest BCUT2D eigenvalue weighted by Crippen LogP contribution is 2.30. The Balaban J connectivity index is 2.21. The first-order valence-electron chi connectivity index (χ1n) is 5.62. The minimum atomic E-state index is -0.977. The van der Waals surface area contributed by atoms with Crippen LogP contribution in [0.25, 0.3) is 0 Å². The third kappa shape index (κ3) is 2.71. The molecule has 1 unspecified atom stereocenters. The molecular weight excluding hydrogens is 251 g/mol. The second-order valence-electron chi connectivity index (χ2n) is 4.40. The normalized spacial score (nSPS) is 14.2. The molecule has 2 aromatic rings. The number of aliphatic hydroxyl groups is 1. The number of halogens is 1. The summed E-state index contributed by atoms with van der Waals surface area (Å²) in [4.78, 5) is 0.874. The molecule has 0 saturated carbocycles. The number of thiophene rings is 1. The molecule has 0 radical (unpaired) electrons. The quantitative estimate of drug-likeness (QED) is 0.919. The number of ether oxygens (including phenoxy) is 1. The van der Waals surface area contributed by atoms with Gasteiger partial charge in [-0.2, -0.15) is 0 Å². The molecule has 1 N–H and O–H groups in total. The molecule has 2 rings (SSSR count). The molecule has 0 aliphatic heterocycles. The van der Waals surface area contributed by atoms with Crippen LogP contribution < -0.4 is 4.74 Å². The van der Waals surface area contributed by atoms with E-state index >= 15 is 0 Å². The first-order valence-corrected chi connectivity index (χ1v) is 6.49. The molecule has 0 saturated heterocycles. The number of methoxy groups -OCH3 is 1. The van der Waals surface area contributed by atoms with Gasteiger partial charge in [0.1, 0.15) is 0 Å². The number of benzene rings is 1. The van der Waals surface area contributed by atoms with Gasteiger partial charge in [-0.3, -0.25) is 0 Å². The van der Waals surface area contributed by atoms with Crippen LogP contribution in [-0.2, 0) is 12.0 Å². The van der Waals surface area contributed by atoms with Crippen LogP contribution in [0.5, 0.6) is 5.75 Å². The van der Waals surface area contributed by atoms with Crippen molar-refractivity contribution in [1.29, 1.82) is 0 Å². The number of hydrogen-bond acceptors (Lipinski definition) is 3. The van der Waals surface area contributed by atoms with Crippen LogP contribution in [0.4, 0.5) is 4.39 Å². The molecule has 2 nitrogen and oxygen atoms in total. The van der Waals surface area contributed by atoms with E-state index in [1.807, 2.05) is 17.5 Å². The van der Waals surface area contributed by atoms with Gasteiger partial charge in [-0.1, -0.05) is 12.1 Å². The Morgan fingerprint density at radius 3 is 2.72 bits per heavy atom. The Kier molecular flexibility index (Phi) is 3.68. The average molecular weight is 266 g/mol. The van der Waals surface area contributed by atoms with E-state index in [1.54, 1.807) is 19.1 Å². The Morgan fingerprint density at radius 2 is 2.17 bits per heavy atom. The van der Waals surface area contributed by atoms with Crippen molar-refractivity contribution in [2.75, 3.05) is 7.11 Å². The summed E-state index contributed by atoms with van der Waals surface area (Å²) in [7, 11) is 1.43. The Hall–Kier alpha value is -1.39. The fourth-order valence-corrected chi connectivity index (χ4v) is 2.68. The lowest BCUT2D eigenvalue weighted by Crippen LogP contribution is -2.22. The summed E-state index contributed by atoms with van der Waals surface area (Å²) in [6.45, 7) is 1.74. The Morgan fingerprint density at radius 1 is 1.39 bits per heavy atom. The lowest BCUT2D eigenvalue weighted by Gasteiger charge is -2.22. The van der Waals surface area contributed by atoms with Crippen LogP contribution in [0.1, 0.15) is 17.4 Å². The van der Waals surface area contributed by atoms with Gasteiger partial charge in [0.2, 0.25) is 0 Å². The first kappa shape index (κ1) is 13.1. The molecule has 96 valence electrons. The Labute approximate surface area is 110 Å². The highest BCUT2D eigenvalue weighted by atomic mass is 32.1. The molecule has 1 aromatic carbocycles. The van der Waals surface area contributed by atoms with Crippen LogP contribution >= 0.6 is 11.3 Å². The molecule has 1 atom stereocenters. The van der Waals surface area contributed by atoms with Gasteiger partial charge in [0.25, 0.3) is 0 Å². The second kappa shape index (κ2) is 5.08. The highest BCUT2D eigenvalue weighted by molar-refractivity contribution is 7.10. The predicted molar refractivity (Wildman–Crippen MR) is 70.5 cm³/mol. The van der Waals surface area contributed by atoms with E-state index in [0.717, 1.165) is 10.4 Å². The van der Waals surface area contributed by atoms with Crippen LogP contribution in [0.3, 0.4) is 0 Å². The predicted octanol–water partition coefficient (Wildman–Crippen LogP) is 3.35. The van der Waals surface area contributed by atoms with Crippen molar-refractivity contribution in [3.8, 4) is 5.75 Å². The summed E-state index contributed by atoms with van der Waals surface area (Å²) < 4.78 is 18.4. The van der Waals surface area contributed by atoms with E-state index in [1.165, 1.54) is 24.5 Å². The van der Waals surface area contributed by atoms with Crippen molar-refractivity contribution in [3.63, 3.8) is 0 Å². The zero-order valence-corrected chi connectivity index (χ0v) is 11.1. The summed E-state index contributed by atoms with van der Waals surface area (Å²) >= 11 is 1.49. The molecule has 0 fully saturated rings. The summed E-state index contributed by atoms with van der Waals surface area (Å²) in [5.41, 5.74) is -0.235. The molecule has 18 heavy (non-hydrogen) atoms. The summed E-state index contributed by atoms with van der Waals surface area (Å²) in [6.07, 6.45) is 0.369. The molecule has 4 heteroatoms. The van der Waals surface area contributed by atoms with Gasteiger partial charge < -0.3 is 9.84 Å². The second-order valence-corrected chi connectivity index (χ2v) is 5.34. The van der Waals surface area contributed by atoms with E-state index in [0.29, 0.717) is 6.42 Å². The molecule has 0 spiro atoms. The maximum Gasteiger partial charge on any atom is 0.165 e. The van der Waals surface area contributed by atoms with Crippen molar-refractivity contribution < 1.29 is 14.2 Å². The van der Waals surface area contributed by atoms with Crippen molar-refractivity contribution in [1.82, 2.24) is 0 Å². The maximum absolute atomic E-state index is 13.6. The van der Waals surface area contributed by atoms with Crippen molar-refractivity contribution in [2.45, 2.75) is 18.9 Å². The van der Waals surface area contributed by atoms with Gasteiger partial charge in [-0.15, -0.1) is 11.3 Å². The molecule has 1 aromatic heterocycles. The largest absolute Gasteiger partial charge is 0.494 e. The topological polar surface area (TPSA) is 29.5 Å². The summed E-state index contributed by atoms with van der Waals surface area (Å²) in [6, 6.07) is 8.52. The number of rotatable bonds is 4. The SMILES string of the molecule is COc1ccc(CC(C)(O)c2cccs2)cc1F. The first-order chi connectivity index (χ1) is 8.53. The van der Waals surface area contributed by atoms with Gasteiger partial charge in [0, 0.05) is 11.3 Å². The molecule has 1 heterocycles. The standard InChI is InChI=1S/C14H15FO2S/c1-14(16,13-4-3-7-18-13)9-10-5-6-12(17-2)11(15)8-10/h3-8,16H,9H2,1-2H3. The minimum Gasteiger partial charge on any atom is -0.494 e. The molecule has 0 aliphatic carbocycles. The van der Waals surface area contributed by atoms with Crippen LogP contribution in [0.2, 0.25) is 0 Å². The van der Waals surface area contributed by atoms with E-state index < -0.39 is 11.4 Å². The summed E-state index contributed by atoms with van der Waals surface area (Å²) in [5.74, 6) is -0.188. The smallest absolute Gasteiger partial charge is 0.165 e. The van der Waals surface area contributed by atoms with Gasteiger partial charge >= 0.3 is 0 Å². The van der Waals surface area contributed by atoms with Gasteiger partial charge in [-0.25, -0.2) is 4.39 Å². The molecule has 0 bridgehead atoms. The van der Waals surface area contributed by atoms with Crippen molar-refractivity contribution in [3.05, 3.63) is 52.0 Å². The Bertz CT molecular complexity index is 521. The van der Waals surface area contributed by atoms with E-state index in [-0.39, 0.29) is 5.75 Å². The van der Waals surface area contributed by atoms with Gasteiger partial charge in [0.15, 0.2) is 11.6 Å². The highest BCUT2D eigenvalue weighted by Gasteiger charge is 2.25. The molecular formula is C14H15FO2S. The monoisotopic (exact) mass is 266 g/mol.